The first-order chi connectivity index (χ1) is 9.74. The third-order valence-electron chi connectivity index (χ3n) is 2.79. The molecule has 2 rings (SSSR count). The highest BCUT2D eigenvalue weighted by atomic mass is 15.3. The third-order valence-corrected chi connectivity index (χ3v) is 2.79. The van der Waals surface area contributed by atoms with Crippen molar-refractivity contribution in [3.05, 3.63) is 36.3 Å². The Kier molecular flexibility index (Phi) is 5.23. The lowest BCUT2D eigenvalue weighted by molar-refractivity contribution is 0.606. The molecule has 0 aliphatic heterocycles. The van der Waals surface area contributed by atoms with Crippen LogP contribution in [-0.2, 0) is 6.54 Å². The van der Waals surface area contributed by atoms with E-state index in [4.69, 9.17) is 0 Å². The highest BCUT2D eigenvalue weighted by molar-refractivity contribution is 5.37. The number of hydrogen-bond acceptors (Lipinski definition) is 6. The average molecular weight is 272 g/mol. The van der Waals surface area contributed by atoms with Crippen LogP contribution < -0.4 is 10.6 Å². The minimum Gasteiger partial charge on any atom is -0.369 e. The van der Waals surface area contributed by atoms with Crippen molar-refractivity contribution in [1.29, 1.82) is 0 Å². The molecule has 0 bridgehead atoms. The van der Waals surface area contributed by atoms with Gasteiger partial charge in [-0.3, -0.25) is 4.98 Å². The molecule has 0 aliphatic rings. The predicted molar refractivity (Wildman–Crippen MR) is 79.3 cm³/mol. The van der Waals surface area contributed by atoms with E-state index in [1.165, 1.54) is 0 Å². The molecule has 2 N–H and O–H groups in total. The normalized spacial score (nSPS) is 10.6. The number of pyridine rings is 1. The van der Waals surface area contributed by atoms with E-state index in [1.54, 1.807) is 18.6 Å². The molecular weight excluding hydrogens is 252 g/mol. The number of hydrogen-bond donors (Lipinski definition) is 2. The van der Waals surface area contributed by atoms with Crippen LogP contribution in [0.4, 0.5) is 11.8 Å². The largest absolute Gasteiger partial charge is 0.369 e. The van der Waals surface area contributed by atoms with Crippen LogP contribution in [0.15, 0.2) is 30.7 Å². The van der Waals surface area contributed by atoms with Gasteiger partial charge in [-0.15, -0.1) is 5.10 Å². The van der Waals surface area contributed by atoms with Crippen molar-refractivity contribution in [2.45, 2.75) is 26.8 Å². The Morgan fingerprint density at radius 1 is 1.15 bits per heavy atom. The second kappa shape index (κ2) is 7.37. The zero-order valence-electron chi connectivity index (χ0n) is 11.9. The van der Waals surface area contributed by atoms with E-state index >= 15 is 0 Å². The van der Waals surface area contributed by atoms with E-state index in [-0.39, 0.29) is 0 Å². The van der Waals surface area contributed by atoms with Crippen molar-refractivity contribution >= 4 is 11.8 Å². The molecule has 0 spiro atoms. The molecule has 106 valence electrons. The van der Waals surface area contributed by atoms with Crippen LogP contribution in [0.25, 0.3) is 0 Å². The van der Waals surface area contributed by atoms with E-state index in [2.05, 4.69) is 44.6 Å². The molecule has 20 heavy (non-hydrogen) atoms. The van der Waals surface area contributed by atoms with Crippen molar-refractivity contribution in [2.24, 2.45) is 5.92 Å². The monoisotopic (exact) mass is 272 g/mol. The fourth-order valence-electron chi connectivity index (χ4n) is 1.63. The van der Waals surface area contributed by atoms with Crippen LogP contribution in [0.2, 0.25) is 0 Å². The first kappa shape index (κ1) is 14.2. The summed E-state index contributed by atoms with van der Waals surface area (Å²) in [4.78, 5) is 8.35. The summed E-state index contributed by atoms with van der Waals surface area (Å²) >= 11 is 0. The zero-order chi connectivity index (χ0) is 14.2. The molecule has 2 aromatic heterocycles. The fraction of sp³-hybridized carbons (Fsp3) is 0.429. The van der Waals surface area contributed by atoms with Gasteiger partial charge in [0.05, 0.1) is 6.20 Å². The van der Waals surface area contributed by atoms with Gasteiger partial charge in [-0.05, 0) is 30.0 Å². The lowest BCUT2D eigenvalue weighted by atomic mass is 10.1. The van der Waals surface area contributed by atoms with Crippen molar-refractivity contribution < 1.29 is 0 Å². The fourth-order valence-corrected chi connectivity index (χ4v) is 1.63. The van der Waals surface area contributed by atoms with Crippen LogP contribution in [0.5, 0.6) is 0 Å². The van der Waals surface area contributed by atoms with Gasteiger partial charge in [0, 0.05) is 25.5 Å². The summed E-state index contributed by atoms with van der Waals surface area (Å²) in [5.41, 5.74) is 1.13. The van der Waals surface area contributed by atoms with E-state index in [0.29, 0.717) is 18.4 Å². The molecular formula is C14H20N6. The molecule has 0 amide bonds. The molecule has 0 unspecified atom stereocenters. The molecule has 0 atom stereocenters. The highest BCUT2D eigenvalue weighted by Gasteiger charge is 2.01. The Balaban J connectivity index is 1.86. The standard InChI is InChI=1S/C14H20N6/c1-11(2)3-8-16-13-10-18-20-14(19-13)17-9-12-4-6-15-7-5-12/h4-7,10-11H,3,8-9H2,1-2H3,(H2,16,17,19,20). The first-order valence-electron chi connectivity index (χ1n) is 6.80. The molecule has 0 saturated carbocycles. The Morgan fingerprint density at radius 2 is 1.95 bits per heavy atom. The number of nitrogens with one attached hydrogen (secondary N) is 2. The molecule has 2 heterocycles. The van der Waals surface area contributed by atoms with Crippen LogP contribution in [0.3, 0.4) is 0 Å². The maximum absolute atomic E-state index is 4.37. The van der Waals surface area contributed by atoms with Gasteiger partial charge in [-0.25, -0.2) is 0 Å². The quantitative estimate of drug-likeness (QED) is 0.805. The summed E-state index contributed by atoms with van der Waals surface area (Å²) in [7, 11) is 0. The van der Waals surface area contributed by atoms with E-state index in [9.17, 15) is 0 Å². The predicted octanol–water partition coefficient (Wildman–Crippen LogP) is 2.34. The summed E-state index contributed by atoms with van der Waals surface area (Å²) in [6.45, 7) is 5.93. The molecule has 0 radical (unpaired) electrons. The van der Waals surface area contributed by atoms with E-state index < -0.39 is 0 Å². The molecule has 2 aromatic rings. The van der Waals surface area contributed by atoms with Gasteiger partial charge < -0.3 is 10.6 Å². The van der Waals surface area contributed by atoms with Crippen LogP contribution >= 0.6 is 0 Å². The molecule has 0 aromatic carbocycles. The first-order valence-corrected chi connectivity index (χ1v) is 6.80. The second-order valence-corrected chi connectivity index (χ2v) is 4.98. The Morgan fingerprint density at radius 3 is 2.70 bits per heavy atom. The molecule has 6 heteroatoms. The van der Waals surface area contributed by atoms with Crippen molar-refractivity contribution in [3.8, 4) is 0 Å². The molecule has 0 saturated heterocycles. The number of rotatable bonds is 7. The maximum Gasteiger partial charge on any atom is 0.244 e. The summed E-state index contributed by atoms with van der Waals surface area (Å²) in [5.74, 6) is 1.94. The van der Waals surface area contributed by atoms with E-state index in [0.717, 1.165) is 24.3 Å². The summed E-state index contributed by atoms with van der Waals surface area (Å²) < 4.78 is 0. The van der Waals surface area contributed by atoms with Crippen LogP contribution in [0.1, 0.15) is 25.8 Å². The van der Waals surface area contributed by atoms with Crippen molar-refractivity contribution in [3.63, 3.8) is 0 Å². The Labute approximate surface area is 119 Å². The van der Waals surface area contributed by atoms with Gasteiger partial charge in [0.1, 0.15) is 5.82 Å². The number of anilines is 2. The Hall–Kier alpha value is -2.24. The summed E-state index contributed by atoms with van der Waals surface area (Å²) in [5, 5.41) is 14.3. The van der Waals surface area contributed by atoms with Gasteiger partial charge in [-0.2, -0.15) is 10.1 Å². The van der Waals surface area contributed by atoms with Gasteiger partial charge in [0.15, 0.2) is 0 Å². The van der Waals surface area contributed by atoms with Gasteiger partial charge in [0.25, 0.3) is 0 Å². The van der Waals surface area contributed by atoms with Gasteiger partial charge in [0.2, 0.25) is 5.95 Å². The zero-order valence-corrected chi connectivity index (χ0v) is 11.9. The van der Waals surface area contributed by atoms with E-state index in [1.807, 2.05) is 12.1 Å². The minimum absolute atomic E-state index is 0.524. The molecule has 6 nitrogen and oxygen atoms in total. The smallest absolute Gasteiger partial charge is 0.244 e. The Bertz CT molecular complexity index is 514. The lowest BCUT2D eigenvalue weighted by Gasteiger charge is -2.08. The third kappa shape index (κ3) is 4.79. The number of nitrogens with zero attached hydrogens (tertiary/aromatic N) is 4. The van der Waals surface area contributed by atoms with Crippen molar-refractivity contribution in [1.82, 2.24) is 20.2 Å². The van der Waals surface area contributed by atoms with Crippen LogP contribution in [-0.4, -0.2) is 26.7 Å². The molecule has 0 fully saturated rings. The summed E-state index contributed by atoms with van der Waals surface area (Å²) in [6, 6.07) is 3.90. The average Bonchev–Trinajstić information content (AvgIpc) is 2.46. The minimum atomic E-state index is 0.524. The lowest BCUT2D eigenvalue weighted by Crippen LogP contribution is -2.10. The highest BCUT2D eigenvalue weighted by Crippen LogP contribution is 2.07. The van der Waals surface area contributed by atoms with Gasteiger partial charge in [-0.1, -0.05) is 13.8 Å². The number of aromatic nitrogens is 4. The SMILES string of the molecule is CC(C)CCNc1cnnc(NCc2ccncc2)n1. The molecule has 0 aliphatic carbocycles. The van der Waals surface area contributed by atoms with Gasteiger partial charge >= 0.3 is 0 Å². The second-order valence-electron chi connectivity index (χ2n) is 4.98. The summed E-state index contributed by atoms with van der Waals surface area (Å²) in [6.07, 6.45) is 6.27. The van der Waals surface area contributed by atoms with Crippen LogP contribution in [0, 0.1) is 5.92 Å². The topological polar surface area (TPSA) is 75.6 Å². The van der Waals surface area contributed by atoms with Crippen molar-refractivity contribution in [2.75, 3.05) is 17.2 Å². The maximum atomic E-state index is 4.37.